The molecule has 0 saturated carbocycles. The second kappa shape index (κ2) is 8.07. The molecule has 0 spiro atoms. The zero-order valence-electron chi connectivity index (χ0n) is 13.7. The molecule has 0 aliphatic heterocycles. The number of thiazole rings is 1. The number of amides is 1. The van der Waals surface area contributed by atoms with E-state index < -0.39 is 5.82 Å². The Morgan fingerprint density at radius 2 is 2.12 bits per heavy atom. The number of para-hydroxylation sites is 1. The average molecular weight is 389 g/mol. The number of rotatable bonds is 5. The molecular weight excluding hydrogens is 375 g/mol. The number of nitrogens with zero attached hydrogens (tertiary/aromatic N) is 3. The molecule has 1 heterocycles. The van der Waals surface area contributed by atoms with Gasteiger partial charge in [0.15, 0.2) is 5.13 Å². The van der Waals surface area contributed by atoms with Crippen LogP contribution in [0.1, 0.15) is 12.6 Å². The van der Waals surface area contributed by atoms with Crippen LogP contribution < -0.4 is 10.3 Å². The molecule has 0 bridgehead atoms. The van der Waals surface area contributed by atoms with Crippen molar-refractivity contribution in [2.24, 2.45) is 5.10 Å². The molecule has 5 nitrogen and oxygen atoms in total. The third kappa shape index (κ3) is 4.25. The first-order valence-electron chi connectivity index (χ1n) is 7.60. The maximum Gasteiger partial charge on any atom is 0.230 e. The predicted molar refractivity (Wildman–Crippen MR) is 104 cm³/mol. The van der Waals surface area contributed by atoms with Crippen LogP contribution in [-0.2, 0) is 4.79 Å². The summed E-state index contributed by atoms with van der Waals surface area (Å²) >= 11 is 7.13. The van der Waals surface area contributed by atoms with Gasteiger partial charge in [0.25, 0.3) is 0 Å². The lowest BCUT2D eigenvalue weighted by atomic mass is 10.3. The number of carbonyl (C=O) groups excluding carboxylic acids is 1. The van der Waals surface area contributed by atoms with Gasteiger partial charge in [-0.05, 0) is 30.3 Å². The van der Waals surface area contributed by atoms with Crippen molar-refractivity contribution in [2.45, 2.75) is 6.92 Å². The molecule has 0 aliphatic carbocycles. The van der Waals surface area contributed by atoms with Gasteiger partial charge in [-0.15, -0.1) is 11.3 Å². The third-order valence-electron chi connectivity index (χ3n) is 3.32. The minimum Gasteiger partial charge on any atom is -0.278 e. The Morgan fingerprint density at radius 3 is 2.85 bits per heavy atom. The Labute approximate surface area is 158 Å². The summed E-state index contributed by atoms with van der Waals surface area (Å²) in [5.41, 5.74) is 4.29. The van der Waals surface area contributed by atoms with Crippen molar-refractivity contribution >= 4 is 51.6 Å². The summed E-state index contributed by atoms with van der Waals surface area (Å²) < 4.78 is 14.1. The topological polar surface area (TPSA) is 57.6 Å². The van der Waals surface area contributed by atoms with Crippen molar-refractivity contribution < 1.29 is 9.18 Å². The quantitative estimate of drug-likeness (QED) is 0.490. The molecule has 2 aromatic carbocycles. The number of anilines is 3. The highest BCUT2D eigenvalue weighted by atomic mass is 35.5. The predicted octanol–water partition coefficient (Wildman–Crippen LogP) is 5.07. The summed E-state index contributed by atoms with van der Waals surface area (Å²) in [5, 5.41) is 6.79. The van der Waals surface area contributed by atoms with Gasteiger partial charge in [0.2, 0.25) is 5.91 Å². The van der Waals surface area contributed by atoms with E-state index in [1.807, 2.05) is 6.07 Å². The van der Waals surface area contributed by atoms with Gasteiger partial charge in [0, 0.05) is 17.3 Å². The molecule has 0 saturated heterocycles. The Kier molecular flexibility index (Phi) is 5.60. The highest BCUT2D eigenvalue weighted by Gasteiger charge is 2.20. The van der Waals surface area contributed by atoms with E-state index in [9.17, 15) is 9.18 Å². The number of benzene rings is 2. The van der Waals surface area contributed by atoms with Gasteiger partial charge in [-0.3, -0.25) is 15.1 Å². The number of hydrazone groups is 1. The van der Waals surface area contributed by atoms with Gasteiger partial charge >= 0.3 is 0 Å². The largest absolute Gasteiger partial charge is 0.278 e. The van der Waals surface area contributed by atoms with Crippen LogP contribution in [0, 0.1) is 5.82 Å². The zero-order valence-corrected chi connectivity index (χ0v) is 15.3. The normalized spacial score (nSPS) is 10.9. The van der Waals surface area contributed by atoms with Crippen molar-refractivity contribution in [1.82, 2.24) is 4.98 Å². The molecular formula is C18H14ClFN4OS. The van der Waals surface area contributed by atoms with E-state index in [4.69, 9.17) is 11.6 Å². The SMILES string of the molecule is CC(=O)N(c1nc(/C=N\Nc2cccc(Cl)c2)cs1)c1ccccc1F. The number of hydrogen-bond acceptors (Lipinski definition) is 5. The van der Waals surface area contributed by atoms with Crippen LogP contribution in [0.5, 0.6) is 0 Å². The number of carbonyl (C=O) groups is 1. The minimum atomic E-state index is -0.490. The fraction of sp³-hybridized carbons (Fsp3) is 0.0556. The lowest BCUT2D eigenvalue weighted by Gasteiger charge is -2.18. The van der Waals surface area contributed by atoms with Crippen LogP contribution >= 0.6 is 22.9 Å². The standard InChI is InChI=1S/C18H14ClFN4OS/c1-12(25)24(17-8-3-2-7-16(17)20)18-22-15(11-26-18)10-21-23-14-6-4-5-13(19)9-14/h2-11,23H,1H3/b21-10-. The van der Waals surface area contributed by atoms with E-state index in [0.717, 1.165) is 5.69 Å². The monoisotopic (exact) mass is 388 g/mol. The smallest absolute Gasteiger partial charge is 0.230 e. The molecule has 0 atom stereocenters. The Bertz CT molecular complexity index is 960. The maximum atomic E-state index is 14.1. The average Bonchev–Trinajstić information content (AvgIpc) is 3.05. The second-order valence-electron chi connectivity index (χ2n) is 5.24. The molecule has 0 fully saturated rings. The lowest BCUT2D eigenvalue weighted by molar-refractivity contribution is -0.115. The summed E-state index contributed by atoms with van der Waals surface area (Å²) in [6.07, 6.45) is 1.51. The molecule has 1 amide bonds. The number of halogens is 2. The molecule has 0 aliphatic rings. The maximum absolute atomic E-state index is 14.1. The first-order valence-corrected chi connectivity index (χ1v) is 8.86. The highest BCUT2D eigenvalue weighted by molar-refractivity contribution is 7.14. The van der Waals surface area contributed by atoms with E-state index in [1.165, 1.54) is 41.5 Å². The first kappa shape index (κ1) is 18.0. The van der Waals surface area contributed by atoms with Crippen LogP contribution in [0.4, 0.5) is 20.9 Å². The van der Waals surface area contributed by atoms with Crippen LogP contribution in [0.15, 0.2) is 59.0 Å². The van der Waals surface area contributed by atoms with Gasteiger partial charge < -0.3 is 0 Å². The molecule has 8 heteroatoms. The second-order valence-corrected chi connectivity index (χ2v) is 6.51. The summed E-state index contributed by atoms with van der Waals surface area (Å²) in [6, 6.07) is 13.2. The fourth-order valence-corrected chi connectivity index (χ4v) is 3.23. The van der Waals surface area contributed by atoms with Gasteiger partial charge in [0.05, 0.1) is 23.3 Å². The molecule has 0 radical (unpaired) electrons. The van der Waals surface area contributed by atoms with Crippen molar-refractivity contribution in [3.8, 4) is 0 Å². The van der Waals surface area contributed by atoms with Crippen molar-refractivity contribution in [3.63, 3.8) is 0 Å². The summed E-state index contributed by atoms with van der Waals surface area (Å²) in [4.78, 5) is 17.6. The highest BCUT2D eigenvalue weighted by Crippen LogP contribution is 2.30. The molecule has 1 N–H and O–H groups in total. The van der Waals surface area contributed by atoms with Crippen LogP contribution in [-0.4, -0.2) is 17.1 Å². The summed E-state index contributed by atoms with van der Waals surface area (Å²) in [6.45, 7) is 1.36. The van der Waals surface area contributed by atoms with E-state index in [1.54, 1.807) is 35.7 Å². The Morgan fingerprint density at radius 1 is 1.31 bits per heavy atom. The molecule has 26 heavy (non-hydrogen) atoms. The molecule has 0 unspecified atom stereocenters. The zero-order chi connectivity index (χ0) is 18.5. The van der Waals surface area contributed by atoms with Gasteiger partial charge in [0.1, 0.15) is 5.82 Å². The van der Waals surface area contributed by atoms with Crippen LogP contribution in [0.3, 0.4) is 0 Å². The molecule has 1 aromatic heterocycles. The van der Waals surface area contributed by atoms with E-state index >= 15 is 0 Å². The summed E-state index contributed by atoms with van der Waals surface area (Å²) in [7, 11) is 0. The van der Waals surface area contributed by atoms with E-state index in [0.29, 0.717) is 15.8 Å². The lowest BCUT2D eigenvalue weighted by Crippen LogP contribution is -2.23. The van der Waals surface area contributed by atoms with E-state index in [-0.39, 0.29) is 11.6 Å². The van der Waals surface area contributed by atoms with Crippen molar-refractivity contribution in [1.29, 1.82) is 0 Å². The van der Waals surface area contributed by atoms with Crippen molar-refractivity contribution in [3.05, 3.63) is 70.4 Å². The minimum absolute atomic E-state index is 0.162. The number of aromatic nitrogens is 1. The fourth-order valence-electron chi connectivity index (χ4n) is 2.21. The molecule has 3 rings (SSSR count). The van der Waals surface area contributed by atoms with Gasteiger partial charge in [-0.2, -0.15) is 5.10 Å². The van der Waals surface area contributed by atoms with Gasteiger partial charge in [-0.1, -0.05) is 29.8 Å². The molecule has 3 aromatic rings. The van der Waals surface area contributed by atoms with Crippen molar-refractivity contribution in [2.75, 3.05) is 10.3 Å². The molecule has 132 valence electrons. The Hall–Kier alpha value is -2.77. The third-order valence-corrected chi connectivity index (χ3v) is 4.40. The van der Waals surface area contributed by atoms with E-state index in [2.05, 4.69) is 15.5 Å². The Balaban J connectivity index is 1.78. The number of nitrogens with one attached hydrogen (secondary N) is 1. The number of hydrogen-bond donors (Lipinski definition) is 1. The first-order chi connectivity index (χ1) is 12.5. The van der Waals surface area contributed by atoms with Crippen LogP contribution in [0.25, 0.3) is 0 Å². The van der Waals surface area contributed by atoms with Crippen LogP contribution in [0.2, 0.25) is 5.02 Å². The summed E-state index contributed by atoms with van der Waals surface area (Å²) in [5.74, 6) is -0.819. The van der Waals surface area contributed by atoms with Gasteiger partial charge in [-0.25, -0.2) is 9.37 Å².